The van der Waals surface area contributed by atoms with Crippen molar-refractivity contribution >= 4 is 5.91 Å². The van der Waals surface area contributed by atoms with Crippen LogP contribution in [0.4, 0.5) is 8.78 Å². The van der Waals surface area contributed by atoms with Crippen LogP contribution in [-0.4, -0.2) is 13.0 Å². The third-order valence-electron chi connectivity index (χ3n) is 3.60. The Morgan fingerprint density at radius 1 is 1.09 bits per heavy atom. The summed E-state index contributed by atoms with van der Waals surface area (Å²) in [5, 5.41) is 2.86. The third-order valence-corrected chi connectivity index (χ3v) is 3.60. The van der Waals surface area contributed by atoms with E-state index in [0.29, 0.717) is 0 Å². The van der Waals surface area contributed by atoms with E-state index in [0.717, 1.165) is 11.6 Å². The van der Waals surface area contributed by atoms with E-state index in [9.17, 15) is 13.6 Å². The van der Waals surface area contributed by atoms with Crippen molar-refractivity contribution in [1.29, 1.82) is 0 Å². The zero-order chi connectivity index (χ0) is 17.0. The van der Waals surface area contributed by atoms with Gasteiger partial charge in [0, 0.05) is 5.56 Å². The lowest BCUT2D eigenvalue weighted by Crippen LogP contribution is -2.31. The van der Waals surface area contributed by atoms with E-state index in [4.69, 9.17) is 4.74 Å². The van der Waals surface area contributed by atoms with Crippen LogP contribution in [-0.2, 0) is 0 Å². The molecule has 1 unspecified atom stereocenters. The maximum absolute atomic E-state index is 13.7. The van der Waals surface area contributed by atoms with Crippen LogP contribution in [0.1, 0.15) is 35.8 Å². The van der Waals surface area contributed by atoms with Gasteiger partial charge in [0.25, 0.3) is 5.91 Å². The predicted octanol–water partition coefficient (Wildman–Crippen LogP) is 4.10. The van der Waals surface area contributed by atoms with Crippen LogP contribution in [0.2, 0.25) is 0 Å². The van der Waals surface area contributed by atoms with Crippen LogP contribution in [0, 0.1) is 17.6 Å². The first-order chi connectivity index (χ1) is 10.9. The van der Waals surface area contributed by atoms with Crippen molar-refractivity contribution in [1.82, 2.24) is 5.32 Å². The van der Waals surface area contributed by atoms with E-state index in [1.165, 1.54) is 31.4 Å². The zero-order valence-corrected chi connectivity index (χ0v) is 13.3. The van der Waals surface area contributed by atoms with E-state index in [1.54, 1.807) is 12.1 Å². The highest BCUT2D eigenvalue weighted by molar-refractivity contribution is 5.94. The molecule has 5 heteroatoms. The summed E-state index contributed by atoms with van der Waals surface area (Å²) in [5.74, 6) is -1.15. The lowest BCUT2D eigenvalue weighted by Gasteiger charge is -2.23. The van der Waals surface area contributed by atoms with Gasteiger partial charge in [-0.3, -0.25) is 4.79 Å². The molecule has 2 aromatic carbocycles. The molecule has 0 aliphatic carbocycles. The molecular formula is C18H19F2NO2. The molecule has 23 heavy (non-hydrogen) atoms. The van der Waals surface area contributed by atoms with Crippen molar-refractivity contribution in [3.05, 3.63) is 65.2 Å². The number of nitrogens with one attached hydrogen (secondary N) is 1. The van der Waals surface area contributed by atoms with Crippen LogP contribution in [0.3, 0.4) is 0 Å². The Morgan fingerprint density at radius 3 is 2.26 bits per heavy atom. The average Bonchev–Trinajstić information content (AvgIpc) is 2.53. The molecule has 0 radical (unpaired) electrons. The smallest absolute Gasteiger partial charge is 0.251 e. The molecule has 0 fully saturated rings. The second-order valence-corrected chi connectivity index (χ2v) is 5.60. The first-order valence-electron chi connectivity index (χ1n) is 7.32. The Balaban J connectivity index is 2.21. The van der Waals surface area contributed by atoms with Crippen molar-refractivity contribution in [2.24, 2.45) is 5.92 Å². The number of benzene rings is 2. The van der Waals surface area contributed by atoms with Gasteiger partial charge in [0.2, 0.25) is 0 Å². The number of rotatable bonds is 5. The summed E-state index contributed by atoms with van der Waals surface area (Å²) in [6.45, 7) is 3.89. The van der Waals surface area contributed by atoms with Crippen molar-refractivity contribution in [2.75, 3.05) is 7.11 Å². The van der Waals surface area contributed by atoms with Crippen molar-refractivity contribution in [3.63, 3.8) is 0 Å². The standard InChI is InChI=1S/C18H19F2NO2/c1-11(2)17(12-4-7-14(19)8-5-12)21-18(22)13-6-9-16(23-3)15(20)10-13/h4-11,17H,1-3H3,(H,21,22). The fraction of sp³-hybridized carbons (Fsp3) is 0.278. The quantitative estimate of drug-likeness (QED) is 0.901. The Kier molecular flexibility index (Phi) is 5.32. The molecule has 2 rings (SSSR count). The Hall–Kier alpha value is -2.43. The molecule has 2 aromatic rings. The zero-order valence-electron chi connectivity index (χ0n) is 13.3. The summed E-state index contributed by atoms with van der Waals surface area (Å²) < 4.78 is 31.6. The normalized spacial score (nSPS) is 12.1. The van der Waals surface area contributed by atoms with Gasteiger partial charge in [-0.15, -0.1) is 0 Å². The summed E-state index contributed by atoms with van der Waals surface area (Å²) in [6, 6.07) is 9.72. The minimum atomic E-state index is -0.594. The molecule has 0 heterocycles. The van der Waals surface area contributed by atoms with Crippen molar-refractivity contribution < 1.29 is 18.3 Å². The second-order valence-electron chi connectivity index (χ2n) is 5.60. The lowest BCUT2D eigenvalue weighted by atomic mass is 9.95. The van der Waals surface area contributed by atoms with Gasteiger partial charge in [-0.1, -0.05) is 26.0 Å². The van der Waals surface area contributed by atoms with E-state index < -0.39 is 11.7 Å². The second kappa shape index (κ2) is 7.22. The molecule has 122 valence electrons. The van der Waals surface area contributed by atoms with Gasteiger partial charge in [0.15, 0.2) is 11.6 Å². The molecule has 3 nitrogen and oxygen atoms in total. The average molecular weight is 319 g/mol. The molecule has 0 aliphatic heterocycles. The number of hydrogen-bond acceptors (Lipinski definition) is 2. The van der Waals surface area contributed by atoms with E-state index >= 15 is 0 Å². The van der Waals surface area contributed by atoms with Crippen LogP contribution in [0.25, 0.3) is 0 Å². The van der Waals surface area contributed by atoms with Crippen LogP contribution < -0.4 is 10.1 Å². The summed E-state index contributed by atoms with van der Waals surface area (Å²) in [4.78, 5) is 12.4. The summed E-state index contributed by atoms with van der Waals surface area (Å²) in [5.41, 5.74) is 1.000. The Labute approximate surface area is 134 Å². The van der Waals surface area contributed by atoms with Gasteiger partial charge in [0.05, 0.1) is 13.2 Å². The Morgan fingerprint density at radius 2 is 1.74 bits per heavy atom. The topological polar surface area (TPSA) is 38.3 Å². The number of amides is 1. The van der Waals surface area contributed by atoms with Crippen LogP contribution >= 0.6 is 0 Å². The number of carbonyl (C=O) groups is 1. The highest BCUT2D eigenvalue weighted by Crippen LogP contribution is 2.23. The molecule has 0 bridgehead atoms. The summed E-state index contributed by atoms with van der Waals surface area (Å²) in [6.07, 6.45) is 0. The monoisotopic (exact) mass is 319 g/mol. The first-order valence-corrected chi connectivity index (χ1v) is 7.32. The first kappa shape index (κ1) is 16.9. The minimum Gasteiger partial charge on any atom is -0.494 e. The van der Waals surface area contributed by atoms with Gasteiger partial charge in [0.1, 0.15) is 5.82 Å². The fourth-order valence-corrected chi connectivity index (χ4v) is 2.34. The van der Waals surface area contributed by atoms with E-state index in [1.807, 2.05) is 13.8 Å². The molecule has 0 saturated carbocycles. The maximum Gasteiger partial charge on any atom is 0.251 e. The van der Waals surface area contributed by atoms with Gasteiger partial charge in [-0.2, -0.15) is 0 Å². The van der Waals surface area contributed by atoms with Crippen molar-refractivity contribution in [2.45, 2.75) is 19.9 Å². The highest BCUT2D eigenvalue weighted by Gasteiger charge is 2.20. The van der Waals surface area contributed by atoms with Gasteiger partial charge < -0.3 is 10.1 Å². The highest BCUT2D eigenvalue weighted by atomic mass is 19.1. The van der Waals surface area contributed by atoms with Gasteiger partial charge in [-0.25, -0.2) is 8.78 Å². The number of halogens is 2. The number of hydrogen-bond donors (Lipinski definition) is 1. The number of ether oxygens (including phenoxy) is 1. The van der Waals surface area contributed by atoms with Crippen LogP contribution in [0.15, 0.2) is 42.5 Å². The molecule has 0 spiro atoms. The molecule has 1 atom stereocenters. The van der Waals surface area contributed by atoms with Gasteiger partial charge in [-0.05, 0) is 41.8 Å². The van der Waals surface area contributed by atoms with Crippen LogP contribution in [0.5, 0.6) is 5.75 Å². The number of methoxy groups -OCH3 is 1. The van der Waals surface area contributed by atoms with E-state index in [-0.39, 0.29) is 29.1 Å². The molecule has 1 N–H and O–H groups in total. The van der Waals surface area contributed by atoms with Crippen molar-refractivity contribution in [3.8, 4) is 5.75 Å². The maximum atomic E-state index is 13.7. The molecule has 0 saturated heterocycles. The molecular weight excluding hydrogens is 300 g/mol. The van der Waals surface area contributed by atoms with E-state index in [2.05, 4.69) is 5.32 Å². The molecule has 0 aromatic heterocycles. The predicted molar refractivity (Wildman–Crippen MR) is 84.4 cm³/mol. The lowest BCUT2D eigenvalue weighted by molar-refractivity contribution is 0.0925. The summed E-state index contributed by atoms with van der Waals surface area (Å²) >= 11 is 0. The largest absolute Gasteiger partial charge is 0.494 e. The fourth-order valence-electron chi connectivity index (χ4n) is 2.34. The summed E-state index contributed by atoms with van der Waals surface area (Å²) in [7, 11) is 1.36. The van der Waals surface area contributed by atoms with Gasteiger partial charge >= 0.3 is 0 Å². The minimum absolute atomic E-state index is 0.0838. The SMILES string of the molecule is COc1ccc(C(=O)NC(c2ccc(F)cc2)C(C)C)cc1F. The third kappa shape index (κ3) is 4.06. The molecule has 0 aliphatic rings. The Bertz CT molecular complexity index is 684. The molecule has 1 amide bonds. The number of carbonyl (C=O) groups excluding carboxylic acids is 1.